The van der Waals surface area contributed by atoms with E-state index < -0.39 is 5.91 Å². The van der Waals surface area contributed by atoms with Gasteiger partial charge in [-0.05, 0) is 25.0 Å². The number of pyridine rings is 1. The zero-order chi connectivity index (χ0) is 16.7. The number of nitrogens with zero attached hydrogens (tertiary/aromatic N) is 3. The van der Waals surface area contributed by atoms with Gasteiger partial charge in [-0.2, -0.15) is 5.10 Å². The minimum absolute atomic E-state index is 0. The highest BCUT2D eigenvalue weighted by atomic mass is 35.5. The number of benzene rings is 1. The predicted octanol–water partition coefficient (Wildman–Crippen LogP) is 2.34. The number of hydrogen-bond donors (Lipinski definition) is 3. The second kappa shape index (κ2) is 6.52. The molecule has 1 fully saturated rings. The number of hydrogen-bond acceptors (Lipinski definition) is 4. The molecular formula is C17H17ClN6O. The summed E-state index contributed by atoms with van der Waals surface area (Å²) in [5.41, 5.74) is 7.54. The third-order valence-corrected chi connectivity index (χ3v) is 4.15. The Morgan fingerprint density at radius 2 is 2.08 bits per heavy atom. The molecule has 2 aromatic heterocycles. The second-order valence-electron chi connectivity index (χ2n) is 5.87. The summed E-state index contributed by atoms with van der Waals surface area (Å²) in [5.74, 6) is -0.458. The van der Waals surface area contributed by atoms with Gasteiger partial charge in [-0.3, -0.25) is 20.5 Å². The Morgan fingerprint density at radius 1 is 1.28 bits per heavy atom. The fraction of sp³-hybridized carbons (Fsp3) is 0.176. The van der Waals surface area contributed by atoms with Crippen LogP contribution < -0.4 is 11.1 Å². The van der Waals surface area contributed by atoms with E-state index in [0.29, 0.717) is 11.5 Å². The number of halogens is 1. The molecule has 0 bridgehead atoms. The predicted molar refractivity (Wildman–Crippen MR) is 97.5 cm³/mol. The summed E-state index contributed by atoms with van der Waals surface area (Å²) in [6, 6.07) is 7.87. The molecule has 0 radical (unpaired) electrons. The van der Waals surface area contributed by atoms with Crippen LogP contribution in [-0.2, 0) is 0 Å². The van der Waals surface area contributed by atoms with E-state index in [1.54, 1.807) is 12.4 Å². The number of amides is 1. The Morgan fingerprint density at radius 3 is 2.80 bits per heavy atom. The van der Waals surface area contributed by atoms with Gasteiger partial charge in [0.2, 0.25) is 0 Å². The quantitative estimate of drug-likeness (QED) is 0.494. The normalized spacial score (nSPS) is 13.3. The van der Waals surface area contributed by atoms with Gasteiger partial charge in [-0.15, -0.1) is 12.4 Å². The van der Waals surface area contributed by atoms with Crippen molar-refractivity contribution in [2.45, 2.75) is 18.8 Å². The summed E-state index contributed by atoms with van der Waals surface area (Å²) < 4.78 is 1.83. The van der Waals surface area contributed by atoms with Crippen LogP contribution in [-0.4, -0.2) is 26.6 Å². The molecule has 2 heterocycles. The molecule has 7 nitrogen and oxygen atoms in total. The third kappa shape index (κ3) is 3.06. The standard InChI is InChI=1S/C17H16N6O.ClH/c18-17(19)22-16(24)13-9-21-23(15(13)10-4-5-10)14-3-1-2-11-8-20-7-6-12(11)14;/h1-3,6-10H,4-5H2,(H4,18,19,22,24);1H. The van der Waals surface area contributed by atoms with Gasteiger partial charge in [0.05, 0.1) is 23.1 Å². The summed E-state index contributed by atoms with van der Waals surface area (Å²) in [5, 5.41) is 16.1. The Bertz CT molecular complexity index is 957. The topological polar surface area (TPSA) is 110 Å². The molecule has 0 spiro atoms. The van der Waals surface area contributed by atoms with Gasteiger partial charge in [-0.25, -0.2) is 4.68 Å². The van der Waals surface area contributed by atoms with Crippen molar-refractivity contribution >= 4 is 35.0 Å². The first-order valence-electron chi connectivity index (χ1n) is 7.71. The van der Waals surface area contributed by atoms with Crippen molar-refractivity contribution in [3.63, 3.8) is 0 Å². The first-order valence-corrected chi connectivity index (χ1v) is 7.71. The van der Waals surface area contributed by atoms with Gasteiger partial charge < -0.3 is 5.73 Å². The van der Waals surface area contributed by atoms with Crippen LogP contribution in [0.3, 0.4) is 0 Å². The first kappa shape index (κ1) is 16.9. The summed E-state index contributed by atoms with van der Waals surface area (Å²) in [4.78, 5) is 16.5. The number of carbonyl (C=O) groups excluding carboxylic acids is 1. The summed E-state index contributed by atoms with van der Waals surface area (Å²) >= 11 is 0. The number of rotatable bonds is 3. The monoisotopic (exact) mass is 356 g/mol. The lowest BCUT2D eigenvalue weighted by Crippen LogP contribution is -2.36. The molecule has 4 N–H and O–H groups in total. The number of nitrogens with two attached hydrogens (primary N) is 1. The fourth-order valence-electron chi connectivity index (χ4n) is 2.95. The van der Waals surface area contributed by atoms with E-state index in [1.807, 2.05) is 35.1 Å². The van der Waals surface area contributed by atoms with Crippen molar-refractivity contribution < 1.29 is 4.79 Å². The van der Waals surface area contributed by atoms with Gasteiger partial charge in [-0.1, -0.05) is 12.1 Å². The molecule has 4 rings (SSSR count). The van der Waals surface area contributed by atoms with Crippen molar-refractivity contribution in [3.8, 4) is 5.69 Å². The Kier molecular flexibility index (Phi) is 4.41. The first-order chi connectivity index (χ1) is 11.6. The van der Waals surface area contributed by atoms with Gasteiger partial charge in [0.1, 0.15) is 0 Å². The van der Waals surface area contributed by atoms with Crippen molar-refractivity contribution in [2.24, 2.45) is 5.73 Å². The summed E-state index contributed by atoms with van der Waals surface area (Å²) in [6.07, 6.45) is 7.15. The third-order valence-electron chi connectivity index (χ3n) is 4.15. The Hall–Kier alpha value is -2.93. The van der Waals surface area contributed by atoms with Crippen LogP contribution in [0.1, 0.15) is 34.8 Å². The summed E-state index contributed by atoms with van der Waals surface area (Å²) in [6.45, 7) is 0. The smallest absolute Gasteiger partial charge is 0.261 e. The van der Waals surface area contributed by atoms with Crippen molar-refractivity contribution in [3.05, 3.63) is 54.1 Å². The van der Waals surface area contributed by atoms with Crippen LogP contribution in [0, 0.1) is 5.41 Å². The van der Waals surface area contributed by atoms with E-state index in [2.05, 4.69) is 15.4 Å². The maximum atomic E-state index is 12.3. The van der Waals surface area contributed by atoms with Crippen molar-refractivity contribution in [2.75, 3.05) is 0 Å². The largest absolute Gasteiger partial charge is 0.370 e. The molecule has 3 aromatic rings. The van der Waals surface area contributed by atoms with Crippen molar-refractivity contribution in [1.82, 2.24) is 20.1 Å². The number of fused-ring (bicyclic) bond motifs is 1. The average molecular weight is 357 g/mol. The lowest BCUT2D eigenvalue weighted by Gasteiger charge is -2.11. The molecular weight excluding hydrogens is 340 g/mol. The Labute approximate surface area is 150 Å². The van der Waals surface area contributed by atoms with E-state index >= 15 is 0 Å². The number of carbonyl (C=O) groups is 1. The van der Waals surface area contributed by atoms with Gasteiger partial charge in [0, 0.05) is 29.1 Å². The zero-order valence-corrected chi connectivity index (χ0v) is 14.1. The minimum atomic E-state index is -0.391. The van der Waals surface area contributed by atoms with Crippen LogP contribution in [0.4, 0.5) is 0 Å². The molecule has 8 heteroatoms. The maximum absolute atomic E-state index is 12.3. The Balaban J connectivity index is 0.00000182. The van der Waals surface area contributed by atoms with Crippen LogP contribution in [0.5, 0.6) is 0 Å². The average Bonchev–Trinajstić information content (AvgIpc) is 3.32. The maximum Gasteiger partial charge on any atom is 0.261 e. The highest BCUT2D eigenvalue weighted by Gasteiger charge is 2.33. The SMILES string of the molecule is Cl.N=C(N)NC(=O)c1cnn(-c2cccc3cnccc23)c1C1CC1. The number of aromatic nitrogens is 3. The van der Waals surface area contributed by atoms with Crippen LogP contribution >= 0.6 is 12.4 Å². The molecule has 0 saturated heterocycles. The van der Waals surface area contributed by atoms with Crippen LogP contribution in [0.25, 0.3) is 16.5 Å². The number of guanidine groups is 1. The van der Waals surface area contributed by atoms with E-state index in [9.17, 15) is 4.79 Å². The van der Waals surface area contributed by atoms with E-state index in [4.69, 9.17) is 11.1 Å². The lowest BCUT2D eigenvalue weighted by molar-refractivity contribution is 0.0975. The van der Waals surface area contributed by atoms with Crippen molar-refractivity contribution in [1.29, 1.82) is 5.41 Å². The van der Waals surface area contributed by atoms with Crippen LogP contribution in [0.2, 0.25) is 0 Å². The highest BCUT2D eigenvalue weighted by molar-refractivity contribution is 6.05. The lowest BCUT2D eigenvalue weighted by atomic mass is 10.1. The highest BCUT2D eigenvalue weighted by Crippen LogP contribution is 2.43. The van der Waals surface area contributed by atoms with Gasteiger partial charge in [0.15, 0.2) is 5.96 Å². The second-order valence-corrected chi connectivity index (χ2v) is 5.87. The van der Waals surface area contributed by atoms with Gasteiger partial charge in [0.25, 0.3) is 5.91 Å². The molecule has 1 aliphatic rings. The molecule has 1 aliphatic carbocycles. The van der Waals surface area contributed by atoms with E-state index in [1.165, 1.54) is 0 Å². The fourth-order valence-corrected chi connectivity index (χ4v) is 2.95. The molecule has 0 atom stereocenters. The van der Waals surface area contributed by atoms with E-state index in [0.717, 1.165) is 35.0 Å². The molecule has 0 unspecified atom stereocenters. The molecule has 1 saturated carbocycles. The van der Waals surface area contributed by atoms with E-state index in [-0.39, 0.29) is 18.4 Å². The molecule has 1 aromatic carbocycles. The summed E-state index contributed by atoms with van der Waals surface area (Å²) in [7, 11) is 0. The minimum Gasteiger partial charge on any atom is -0.370 e. The van der Waals surface area contributed by atoms with Crippen LogP contribution in [0.15, 0.2) is 42.9 Å². The molecule has 128 valence electrons. The molecule has 25 heavy (non-hydrogen) atoms. The zero-order valence-electron chi connectivity index (χ0n) is 13.3. The molecule has 1 amide bonds. The van der Waals surface area contributed by atoms with Gasteiger partial charge >= 0.3 is 0 Å². The number of nitrogens with one attached hydrogen (secondary N) is 2. The molecule has 0 aliphatic heterocycles.